The van der Waals surface area contributed by atoms with E-state index in [0.29, 0.717) is 19.1 Å². The number of ether oxygens (including phenoxy) is 2. The number of likely N-dealkylation sites (tertiary alicyclic amines) is 1. The molecule has 1 N–H and O–H groups in total. The molecule has 6 heteroatoms. The van der Waals surface area contributed by atoms with E-state index in [2.05, 4.69) is 35.1 Å². The molecule has 146 valence electrons. The Morgan fingerprint density at radius 3 is 2.81 bits per heavy atom. The fourth-order valence-corrected chi connectivity index (χ4v) is 3.68. The van der Waals surface area contributed by atoms with Crippen molar-refractivity contribution in [2.45, 2.75) is 25.7 Å². The number of halogens is 1. The standard InChI is InChI=1S/C20H32ClN3O2/c1-20(2,17-7-5-6-8-18(17)21)15-23-19(22-3)24-10-9-16(13-24)14-26-12-11-25-4/h5-8,16H,9-15H2,1-4H3,(H,22,23). The minimum Gasteiger partial charge on any atom is -0.382 e. The maximum absolute atomic E-state index is 6.38. The van der Waals surface area contributed by atoms with Gasteiger partial charge in [0.25, 0.3) is 0 Å². The number of aliphatic imine (C=N–C) groups is 1. The van der Waals surface area contributed by atoms with E-state index in [-0.39, 0.29) is 5.41 Å². The average Bonchev–Trinajstić information content (AvgIpc) is 3.08. The van der Waals surface area contributed by atoms with Crippen molar-refractivity contribution in [2.75, 3.05) is 53.6 Å². The summed E-state index contributed by atoms with van der Waals surface area (Å²) in [5, 5.41) is 4.34. The van der Waals surface area contributed by atoms with Gasteiger partial charge in [0, 0.05) is 50.1 Å². The lowest BCUT2D eigenvalue weighted by molar-refractivity contribution is 0.0536. The minimum absolute atomic E-state index is 0.0866. The van der Waals surface area contributed by atoms with Crippen molar-refractivity contribution in [3.63, 3.8) is 0 Å². The van der Waals surface area contributed by atoms with Crippen LogP contribution in [0.1, 0.15) is 25.8 Å². The van der Waals surface area contributed by atoms with Gasteiger partial charge in [0.05, 0.1) is 19.8 Å². The SMILES string of the molecule is CN=C(NCC(C)(C)c1ccccc1Cl)N1CCC(COCCOC)C1. The third-order valence-electron chi connectivity index (χ3n) is 4.87. The summed E-state index contributed by atoms with van der Waals surface area (Å²) < 4.78 is 10.7. The Morgan fingerprint density at radius 2 is 2.12 bits per heavy atom. The molecule has 1 aliphatic rings. The van der Waals surface area contributed by atoms with Gasteiger partial charge < -0.3 is 19.7 Å². The number of guanidine groups is 1. The molecule has 0 saturated carbocycles. The van der Waals surface area contributed by atoms with Crippen molar-refractivity contribution in [3.8, 4) is 0 Å². The molecule has 0 aromatic heterocycles. The molecule has 1 aromatic carbocycles. The van der Waals surface area contributed by atoms with Crippen molar-refractivity contribution in [1.82, 2.24) is 10.2 Å². The number of rotatable bonds is 8. The summed E-state index contributed by atoms with van der Waals surface area (Å²) >= 11 is 6.38. The second-order valence-corrected chi connectivity index (χ2v) is 7.84. The highest BCUT2D eigenvalue weighted by Crippen LogP contribution is 2.29. The van der Waals surface area contributed by atoms with E-state index in [4.69, 9.17) is 21.1 Å². The third kappa shape index (κ3) is 5.86. The summed E-state index contributed by atoms with van der Waals surface area (Å²) in [5.74, 6) is 1.49. The monoisotopic (exact) mass is 381 g/mol. The van der Waals surface area contributed by atoms with Gasteiger partial charge in [0.1, 0.15) is 0 Å². The molecule has 5 nitrogen and oxygen atoms in total. The van der Waals surface area contributed by atoms with Gasteiger partial charge in [-0.05, 0) is 18.1 Å². The fraction of sp³-hybridized carbons (Fsp3) is 0.650. The third-order valence-corrected chi connectivity index (χ3v) is 5.20. The molecule has 0 radical (unpaired) electrons. The van der Waals surface area contributed by atoms with Gasteiger partial charge in [0.15, 0.2) is 5.96 Å². The van der Waals surface area contributed by atoms with Crippen LogP contribution in [-0.2, 0) is 14.9 Å². The molecule has 26 heavy (non-hydrogen) atoms. The van der Waals surface area contributed by atoms with Crippen LogP contribution in [0.4, 0.5) is 0 Å². The van der Waals surface area contributed by atoms with Crippen LogP contribution >= 0.6 is 11.6 Å². The van der Waals surface area contributed by atoms with Crippen LogP contribution in [0.5, 0.6) is 0 Å². The maximum Gasteiger partial charge on any atom is 0.193 e. The number of hydrogen-bond acceptors (Lipinski definition) is 3. The van der Waals surface area contributed by atoms with E-state index in [1.54, 1.807) is 7.11 Å². The van der Waals surface area contributed by atoms with Gasteiger partial charge in [-0.15, -0.1) is 0 Å². The maximum atomic E-state index is 6.38. The van der Waals surface area contributed by atoms with Crippen LogP contribution < -0.4 is 5.32 Å². The topological polar surface area (TPSA) is 46.1 Å². The van der Waals surface area contributed by atoms with Gasteiger partial charge in [-0.25, -0.2) is 0 Å². The number of hydrogen-bond donors (Lipinski definition) is 1. The van der Waals surface area contributed by atoms with E-state index in [0.717, 1.165) is 49.2 Å². The van der Waals surface area contributed by atoms with Gasteiger partial charge in [-0.2, -0.15) is 0 Å². The Morgan fingerprint density at radius 1 is 1.35 bits per heavy atom. The molecule has 1 atom stereocenters. The van der Waals surface area contributed by atoms with Crippen LogP contribution in [0.3, 0.4) is 0 Å². The highest BCUT2D eigenvalue weighted by Gasteiger charge is 2.27. The van der Waals surface area contributed by atoms with E-state index in [1.165, 1.54) is 0 Å². The zero-order chi connectivity index (χ0) is 19.0. The molecule has 1 fully saturated rings. The first-order valence-corrected chi connectivity index (χ1v) is 9.63. The smallest absolute Gasteiger partial charge is 0.193 e. The molecule has 1 aliphatic heterocycles. The quantitative estimate of drug-likeness (QED) is 0.427. The summed E-state index contributed by atoms with van der Waals surface area (Å²) in [6, 6.07) is 8.04. The van der Waals surface area contributed by atoms with Gasteiger partial charge in [-0.3, -0.25) is 4.99 Å². The summed E-state index contributed by atoms with van der Waals surface area (Å²) in [6.45, 7) is 9.24. The van der Waals surface area contributed by atoms with Crippen LogP contribution in [-0.4, -0.2) is 64.5 Å². The lowest BCUT2D eigenvalue weighted by Gasteiger charge is -2.30. The van der Waals surface area contributed by atoms with Crippen LogP contribution in [0.25, 0.3) is 0 Å². The van der Waals surface area contributed by atoms with Crippen LogP contribution in [0.15, 0.2) is 29.3 Å². The zero-order valence-electron chi connectivity index (χ0n) is 16.4. The zero-order valence-corrected chi connectivity index (χ0v) is 17.2. The Kier molecular flexibility index (Phi) is 8.19. The number of methoxy groups -OCH3 is 1. The first kappa shape index (κ1) is 21.0. The second kappa shape index (κ2) is 10.1. The lowest BCUT2D eigenvalue weighted by Crippen LogP contribution is -2.45. The van der Waals surface area contributed by atoms with Crippen molar-refractivity contribution in [2.24, 2.45) is 10.9 Å². The first-order chi connectivity index (χ1) is 12.5. The first-order valence-electron chi connectivity index (χ1n) is 9.25. The Bertz CT molecular complexity index is 592. The highest BCUT2D eigenvalue weighted by molar-refractivity contribution is 6.31. The average molecular weight is 382 g/mol. The molecule has 1 unspecified atom stereocenters. The fourth-order valence-electron chi connectivity index (χ4n) is 3.29. The van der Waals surface area contributed by atoms with Crippen molar-refractivity contribution >= 4 is 17.6 Å². The van der Waals surface area contributed by atoms with E-state index < -0.39 is 0 Å². The Labute approximate surface area is 162 Å². The predicted molar refractivity (Wildman–Crippen MR) is 108 cm³/mol. The molecule has 0 amide bonds. The number of nitrogens with one attached hydrogen (secondary N) is 1. The van der Waals surface area contributed by atoms with E-state index in [9.17, 15) is 0 Å². The molecule has 0 aliphatic carbocycles. The summed E-state index contributed by atoms with van der Waals surface area (Å²) in [7, 11) is 3.54. The predicted octanol–water partition coefficient (Wildman–Crippen LogP) is 3.18. The number of benzene rings is 1. The van der Waals surface area contributed by atoms with Crippen molar-refractivity contribution < 1.29 is 9.47 Å². The molecule has 2 rings (SSSR count). The minimum atomic E-state index is -0.0866. The summed E-state index contributed by atoms with van der Waals surface area (Å²) in [6.07, 6.45) is 1.13. The van der Waals surface area contributed by atoms with Crippen molar-refractivity contribution in [3.05, 3.63) is 34.9 Å². The van der Waals surface area contributed by atoms with Crippen LogP contribution in [0, 0.1) is 5.92 Å². The van der Waals surface area contributed by atoms with Gasteiger partial charge in [-0.1, -0.05) is 43.6 Å². The van der Waals surface area contributed by atoms with Gasteiger partial charge >= 0.3 is 0 Å². The normalized spacial score (nSPS) is 18.4. The van der Waals surface area contributed by atoms with Gasteiger partial charge in [0.2, 0.25) is 0 Å². The molecule has 0 bridgehead atoms. The van der Waals surface area contributed by atoms with Crippen molar-refractivity contribution in [1.29, 1.82) is 0 Å². The highest BCUT2D eigenvalue weighted by atomic mass is 35.5. The van der Waals surface area contributed by atoms with E-state index >= 15 is 0 Å². The van der Waals surface area contributed by atoms with Crippen LogP contribution in [0.2, 0.25) is 5.02 Å². The lowest BCUT2D eigenvalue weighted by atomic mass is 9.84. The Balaban J connectivity index is 1.85. The molecule has 1 heterocycles. The Hall–Kier alpha value is -1.30. The number of nitrogens with zero attached hydrogens (tertiary/aromatic N) is 2. The summed E-state index contributed by atoms with van der Waals surface area (Å²) in [4.78, 5) is 6.78. The van der Waals surface area contributed by atoms with E-state index in [1.807, 2.05) is 25.2 Å². The molecular formula is C20H32ClN3O2. The largest absolute Gasteiger partial charge is 0.382 e. The second-order valence-electron chi connectivity index (χ2n) is 7.43. The molecule has 0 spiro atoms. The molecule has 1 saturated heterocycles. The molecular weight excluding hydrogens is 350 g/mol. The summed E-state index contributed by atoms with van der Waals surface area (Å²) in [5.41, 5.74) is 1.06. The molecule has 1 aromatic rings.